The van der Waals surface area contributed by atoms with Crippen LogP contribution in [0.1, 0.15) is 24.0 Å². The number of hydrogen-bond donors (Lipinski definition) is 1. The van der Waals surface area contributed by atoms with Crippen molar-refractivity contribution in [1.29, 1.82) is 0 Å². The second-order valence-corrected chi connectivity index (χ2v) is 8.30. The highest BCUT2D eigenvalue weighted by Crippen LogP contribution is 2.27. The van der Waals surface area contributed by atoms with Crippen molar-refractivity contribution >= 4 is 23.1 Å². The molecule has 2 aromatic carbocycles. The van der Waals surface area contributed by atoms with Crippen molar-refractivity contribution in [2.24, 2.45) is 0 Å². The van der Waals surface area contributed by atoms with Crippen LogP contribution in [0.3, 0.4) is 0 Å². The summed E-state index contributed by atoms with van der Waals surface area (Å²) in [5.74, 6) is 7.44. The van der Waals surface area contributed by atoms with Crippen molar-refractivity contribution in [2.75, 3.05) is 5.84 Å². The Hall–Kier alpha value is -2.91. The molecule has 0 unspecified atom stereocenters. The van der Waals surface area contributed by atoms with Gasteiger partial charge in [-0.15, -0.1) is 21.5 Å². The molecule has 0 saturated carbocycles. The lowest BCUT2D eigenvalue weighted by Crippen LogP contribution is -2.15. The molecule has 6 nitrogen and oxygen atoms in total. The number of nitrogens with zero attached hydrogens (tertiary/aromatic N) is 4. The minimum atomic E-state index is -0.314. The first kappa shape index (κ1) is 20.4. The van der Waals surface area contributed by atoms with Crippen LogP contribution in [0.2, 0.25) is 0 Å². The van der Waals surface area contributed by atoms with E-state index in [1.54, 1.807) is 23.5 Å². The van der Waals surface area contributed by atoms with Gasteiger partial charge in [0.25, 0.3) is 0 Å². The van der Waals surface area contributed by atoms with E-state index in [0.717, 1.165) is 22.7 Å². The van der Waals surface area contributed by atoms with Crippen molar-refractivity contribution in [3.63, 3.8) is 0 Å². The van der Waals surface area contributed by atoms with Crippen molar-refractivity contribution in [3.8, 4) is 16.3 Å². The second kappa shape index (κ2) is 9.27. The van der Waals surface area contributed by atoms with Crippen LogP contribution in [0.15, 0.2) is 59.1 Å². The Kier molecular flexibility index (Phi) is 6.29. The number of aryl methyl sites for hydroxylation is 1. The number of nitrogens with two attached hydrogens (primary N) is 1. The van der Waals surface area contributed by atoms with E-state index in [2.05, 4.69) is 41.4 Å². The number of halogens is 1. The molecular formula is C21H20FN5OS2. The van der Waals surface area contributed by atoms with Gasteiger partial charge in [0.15, 0.2) is 5.82 Å². The molecule has 0 spiro atoms. The first-order valence-corrected chi connectivity index (χ1v) is 11.2. The molecule has 2 heterocycles. The summed E-state index contributed by atoms with van der Waals surface area (Å²) in [5, 5.41) is 11.8. The molecule has 4 rings (SSSR count). The van der Waals surface area contributed by atoms with Crippen LogP contribution in [-0.2, 0) is 18.8 Å². The van der Waals surface area contributed by atoms with E-state index in [1.807, 2.05) is 5.38 Å². The predicted molar refractivity (Wildman–Crippen MR) is 117 cm³/mol. The Bertz CT molecular complexity index is 1110. The van der Waals surface area contributed by atoms with Crippen molar-refractivity contribution in [3.05, 3.63) is 76.8 Å². The summed E-state index contributed by atoms with van der Waals surface area (Å²) in [6, 6.07) is 14.3. The zero-order chi connectivity index (χ0) is 20.9. The van der Waals surface area contributed by atoms with Crippen molar-refractivity contribution in [1.82, 2.24) is 19.9 Å². The number of aromatic nitrogens is 4. The summed E-state index contributed by atoms with van der Waals surface area (Å²) in [5.41, 5.74) is 3.40. The van der Waals surface area contributed by atoms with Gasteiger partial charge in [0.2, 0.25) is 5.16 Å². The van der Waals surface area contributed by atoms with E-state index in [0.29, 0.717) is 22.5 Å². The van der Waals surface area contributed by atoms with E-state index >= 15 is 0 Å². The fraction of sp³-hybridized carbons (Fsp3) is 0.190. The van der Waals surface area contributed by atoms with Gasteiger partial charge in [-0.1, -0.05) is 43.0 Å². The van der Waals surface area contributed by atoms with E-state index in [1.165, 1.54) is 34.1 Å². The van der Waals surface area contributed by atoms with Crippen LogP contribution in [0.25, 0.3) is 10.6 Å². The topological polar surface area (TPSA) is 78.9 Å². The molecule has 9 heteroatoms. The predicted octanol–water partition coefficient (Wildman–Crippen LogP) is 4.69. The lowest BCUT2D eigenvalue weighted by molar-refractivity contribution is 0.291. The minimum Gasteiger partial charge on any atom is -0.486 e. The van der Waals surface area contributed by atoms with E-state index in [-0.39, 0.29) is 12.4 Å². The Labute approximate surface area is 181 Å². The SMILES string of the molecule is CCc1ccc(-c2nc(CSc3nnc(COc4ccc(F)cc4)n3N)cs2)cc1. The van der Waals surface area contributed by atoms with E-state index in [4.69, 9.17) is 15.6 Å². The molecule has 0 aliphatic carbocycles. The van der Waals surface area contributed by atoms with Crippen molar-refractivity contribution < 1.29 is 9.13 Å². The third-order valence-corrected chi connectivity index (χ3v) is 6.34. The first-order valence-electron chi connectivity index (χ1n) is 9.36. The molecule has 0 aliphatic rings. The molecule has 30 heavy (non-hydrogen) atoms. The second-order valence-electron chi connectivity index (χ2n) is 6.49. The fourth-order valence-electron chi connectivity index (χ4n) is 2.71. The molecular weight excluding hydrogens is 421 g/mol. The van der Waals surface area contributed by atoms with Gasteiger partial charge in [-0.3, -0.25) is 0 Å². The molecule has 0 fully saturated rings. The van der Waals surface area contributed by atoms with Crippen LogP contribution in [0.4, 0.5) is 4.39 Å². The molecule has 2 aromatic heterocycles. The number of nitrogen functional groups attached to an aromatic ring is 1. The van der Waals surface area contributed by atoms with Gasteiger partial charge >= 0.3 is 0 Å². The Morgan fingerprint density at radius 3 is 2.60 bits per heavy atom. The highest BCUT2D eigenvalue weighted by Gasteiger charge is 2.13. The summed E-state index contributed by atoms with van der Waals surface area (Å²) in [7, 11) is 0. The van der Waals surface area contributed by atoms with Gasteiger partial charge in [-0.05, 0) is 36.2 Å². The third kappa shape index (κ3) is 4.80. The molecule has 2 N–H and O–H groups in total. The number of thioether (sulfide) groups is 1. The lowest BCUT2D eigenvalue weighted by atomic mass is 10.1. The van der Waals surface area contributed by atoms with Crippen LogP contribution in [-0.4, -0.2) is 19.9 Å². The molecule has 0 bridgehead atoms. The third-order valence-electron chi connectivity index (χ3n) is 4.43. The number of thiazole rings is 1. The number of rotatable bonds is 8. The molecule has 0 amide bonds. The van der Waals surface area contributed by atoms with Gasteiger partial charge in [-0.25, -0.2) is 14.1 Å². The number of hydrogen-bond acceptors (Lipinski definition) is 7. The Morgan fingerprint density at radius 1 is 1.10 bits per heavy atom. The molecule has 0 saturated heterocycles. The van der Waals surface area contributed by atoms with E-state index in [9.17, 15) is 4.39 Å². The number of ether oxygens (including phenoxy) is 1. The van der Waals surface area contributed by atoms with Gasteiger partial charge in [0.05, 0.1) is 5.69 Å². The van der Waals surface area contributed by atoms with Crippen LogP contribution >= 0.6 is 23.1 Å². The lowest BCUT2D eigenvalue weighted by Gasteiger charge is -2.06. The maximum Gasteiger partial charge on any atom is 0.210 e. The van der Waals surface area contributed by atoms with Crippen LogP contribution < -0.4 is 10.6 Å². The quantitative estimate of drug-likeness (QED) is 0.316. The van der Waals surface area contributed by atoms with Gasteiger partial charge in [0, 0.05) is 16.7 Å². The van der Waals surface area contributed by atoms with Gasteiger partial charge in [0.1, 0.15) is 23.2 Å². The van der Waals surface area contributed by atoms with Crippen LogP contribution in [0, 0.1) is 5.82 Å². The summed E-state index contributed by atoms with van der Waals surface area (Å²) in [6.45, 7) is 2.29. The highest BCUT2D eigenvalue weighted by molar-refractivity contribution is 7.98. The standard InChI is InChI=1S/C21H20FN5OS2/c1-2-14-3-5-15(6-4-14)20-24-17(12-29-20)13-30-21-26-25-19(27(21)23)11-28-18-9-7-16(22)8-10-18/h3-10,12H,2,11,13,23H2,1H3. The normalized spacial score (nSPS) is 11.0. The molecule has 154 valence electrons. The summed E-state index contributed by atoms with van der Waals surface area (Å²) < 4.78 is 20.0. The zero-order valence-electron chi connectivity index (χ0n) is 16.3. The van der Waals surface area contributed by atoms with Gasteiger partial charge < -0.3 is 10.6 Å². The maximum atomic E-state index is 13.0. The molecule has 0 atom stereocenters. The average Bonchev–Trinajstić information content (AvgIpc) is 3.39. The van der Waals surface area contributed by atoms with Gasteiger partial charge in [-0.2, -0.15) is 0 Å². The molecule has 0 radical (unpaired) electrons. The summed E-state index contributed by atoms with van der Waals surface area (Å²) in [6.07, 6.45) is 1.02. The van der Waals surface area contributed by atoms with Crippen molar-refractivity contribution in [2.45, 2.75) is 30.9 Å². The summed E-state index contributed by atoms with van der Waals surface area (Å²) in [4.78, 5) is 4.71. The maximum absolute atomic E-state index is 13.0. The largest absolute Gasteiger partial charge is 0.486 e. The fourth-order valence-corrected chi connectivity index (χ4v) is 4.41. The molecule has 0 aliphatic heterocycles. The monoisotopic (exact) mass is 441 g/mol. The average molecular weight is 442 g/mol. The highest BCUT2D eigenvalue weighted by atomic mass is 32.2. The smallest absolute Gasteiger partial charge is 0.210 e. The minimum absolute atomic E-state index is 0.143. The summed E-state index contributed by atoms with van der Waals surface area (Å²) >= 11 is 3.08. The Balaban J connectivity index is 1.35. The van der Waals surface area contributed by atoms with E-state index < -0.39 is 0 Å². The number of benzene rings is 2. The molecule has 4 aromatic rings. The first-order chi connectivity index (χ1) is 14.6. The van der Waals surface area contributed by atoms with Crippen LogP contribution in [0.5, 0.6) is 5.75 Å². The Morgan fingerprint density at radius 2 is 1.87 bits per heavy atom. The zero-order valence-corrected chi connectivity index (χ0v) is 17.9.